The van der Waals surface area contributed by atoms with Gasteiger partial charge in [-0.3, -0.25) is 0 Å². The lowest BCUT2D eigenvalue weighted by atomic mass is 10.1. The van der Waals surface area contributed by atoms with Gasteiger partial charge in [0.15, 0.2) is 0 Å². The van der Waals surface area contributed by atoms with Crippen LogP contribution >= 0.6 is 22.7 Å². The van der Waals surface area contributed by atoms with Crippen LogP contribution in [0.15, 0.2) is 47.8 Å². The second-order valence-corrected chi connectivity index (χ2v) is 6.64. The molecule has 0 fully saturated rings. The fourth-order valence-corrected chi connectivity index (χ4v) is 3.88. The van der Waals surface area contributed by atoms with Crippen LogP contribution in [0.1, 0.15) is 28.4 Å². The van der Waals surface area contributed by atoms with Crippen LogP contribution in [-0.2, 0) is 6.42 Å². The van der Waals surface area contributed by atoms with E-state index in [1.165, 1.54) is 9.75 Å². The van der Waals surface area contributed by atoms with Crippen LogP contribution in [0.3, 0.4) is 0 Å². The summed E-state index contributed by atoms with van der Waals surface area (Å²) in [6, 6.07) is 14.3. The van der Waals surface area contributed by atoms with Gasteiger partial charge in [0, 0.05) is 10.3 Å². The summed E-state index contributed by atoms with van der Waals surface area (Å²) in [6.45, 7) is 2.17. The summed E-state index contributed by atoms with van der Waals surface area (Å²) in [4.78, 5) is 7.33. The number of thiazole rings is 1. The lowest BCUT2D eigenvalue weighted by Gasteiger charge is -2.07. The van der Waals surface area contributed by atoms with Crippen molar-refractivity contribution in [2.24, 2.45) is 5.73 Å². The molecule has 0 spiro atoms. The van der Waals surface area contributed by atoms with Gasteiger partial charge >= 0.3 is 0 Å². The van der Waals surface area contributed by atoms with Gasteiger partial charge in [0.1, 0.15) is 5.01 Å². The van der Waals surface area contributed by atoms with Crippen LogP contribution in [0.5, 0.6) is 0 Å². The van der Waals surface area contributed by atoms with Gasteiger partial charge in [0.05, 0.1) is 16.6 Å². The van der Waals surface area contributed by atoms with Gasteiger partial charge in [-0.15, -0.1) is 22.7 Å². The predicted molar refractivity (Wildman–Crippen MR) is 87.3 cm³/mol. The molecule has 0 aliphatic rings. The summed E-state index contributed by atoms with van der Waals surface area (Å²) in [5, 5.41) is 3.07. The fraction of sp³-hybridized carbons (Fsp3) is 0.188. The normalized spacial score (nSPS) is 12.5. The van der Waals surface area contributed by atoms with E-state index in [4.69, 9.17) is 10.7 Å². The van der Waals surface area contributed by atoms with E-state index in [0.717, 1.165) is 22.7 Å². The third kappa shape index (κ3) is 2.68. The molecule has 2 nitrogen and oxygen atoms in total. The molecule has 1 aromatic carbocycles. The van der Waals surface area contributed by atoms with E-state index in [1.807, 2.05) is 41.7 Å². The number of hydrogen-bond donors (Lipinski definition) is 1. The van der Waals surface area contributed by atoms with E-state index in [1.54, 1.807) is 11.3 Å². The topological polar surface area (TPSA) is 38.9 Å². The zero-order valence-electron chi connectivity index (χ0n) is 11.2. The number of benzene rings is 1. The highest BCUT2D eigenvalue weighted by molar-refractivity contribution is 7.16. The average Bonchev–Trinajstić information content (AvgIpc) is 3.16. The first-order valence-electron chi connectivity index (χ1n) is 6.63. The largest absolute Gasteiger partial charge is 0.318 e. The van der Waals surface area contributed by atoms with Crippen molar-refractivity contribution in [2.75, 3.05) is 0 Å². The van der Waals surface area contributed by atoms with Crippen LogP contribution in [0.4, 0.5) is 0 Å². The summed E-state index contributed by atoms with van der Waals surface area (Å²) in [5.74, 6) is 0. The van der Waals surface area contributed by atoms with Gasteiger partial charge < -0.3 is 5.73 Å². The molecule has 0 bridgehead atoms. The van der Waals surface area contributed by atoms with E-state index < -0.39 is 0 Å². The third-order valence-corrected chi connectivity index (χ3v) is 5.39. The Hall–Kier alpha value is -1.49. The van der Waals surface area contributed by atoms with Crippen molar-refractivity contribution >= 4 is 22.7 Å². The Morgan fingerprint density at radius 3 is 2.65 bits per heavy atom. The molecule has 20 heavy (non-hydrogen) atoms. The number of thiophene rings is 1. The smallest absolute Gasteiger partial charge is 0.115 e. The Kier molecular flexibility index (Phi) is 3.96. The summed E-state index contributed by atoms with van der Waals surface area (Å²) >= 11 is 3.44. The highest BCUT2D eigenvalue weighted by Gasteiger charge is 2.14. The summed E-state index contributed by atoms with van der Waals surface area (Å²) in [7, 11) is 0. The Labute approximate surface area is 126 Å². The van der Waals surface area contributed by atoms with Crippen molar-refractivity contribution in [3.63, 3.8) is 0 Å². The molecule has 0 radical (unpaired) electrons. The van der Waals surface area contributed by atoms with Gasteiger partial charge in [-0.1, -0.05) is 37.3 Å². The minimum atomic E-state index is -0.138. The van der Waals surface area contributed by atoms with Gasteiger partial charge in [-0.25, -0.2) is 4.98 Å². The molecule has 3 rings (SSSR count). The molecular formula is C16H16N2S2. The van der Waals surface area contributed by atoms with E-state index in [0.29, 0.717) is 0 Å². The molecule has 1 atom stereocenters. The van der Waals surface area contributed by atoms with Crippen LogP contribution in [0.25, 0.3) is 10.6 Å². The highest BCUT2D eigenvalue weighted by atomic mass is 32.1. The van der Waals surface area contributed by atoms with Crippen molar-refractivity contribution in [3.8, 4) is 10.6 Å². The van der Waals surface area contributed by atoms with Crippen molar-refractivity contribution < 1.29 is 0 Å². The first kappa shape index (κ1) is 13.5. The lowest BCUT2D eigenvalue weighted by Crippen LogP contribution is -2.11. The molecule has 0 aliphatic carbocycles. The minimum absolute atomic E-state index is 0.138. The standard InChI is InChI=1S/C16H16N2S2/c1-2-12-8-9-14(20-12)13-10-19-16(18-13)15(17)11-6-4-3-5-7-11/h3-10,15H,2,17H2,1H3. The Bertz CT molecular complexity index is 685. The van der Waals surface area contributed by atoms with Gasteiger partial charge in [-0.05, 0) is 24.1 Å². The van der Waals surface area contributed by atoms with Gasteiger partial charge in [0.25, 0.3) is 0 Å². The number of rotatable bonds is 4. The van der Waals surface area contributed by atoms with Crippen LogP contribution in [0, 0.1) is 0 Å². The molecule has 0 saturated carbocycles. The number of hydrogen-bond acceptors (Lipinski definition) is 4. The van der Waals surface area contributed by atoms with E-state index in [2.05, 4.69) is 24.4 Å². The van der Waals surface area contributed by atoms with Crippen LogP contribution in [-0.4, -0.2) is 4.98 Å². The average molecular weight is 300 g/mol. The zero-order chi connectivity index (χ0) is 13.9. The van der Waals surface area contributed by atoms with Crippen molar-refractivity contribution in [1.29, 1.82) is 0 Å². The molecule has 0 aliphatic heterocycles. The Morgan fingerprint density at radius 1 is 1.15 bits per heavy atom. The number of nitrogens with two attached hydrogens (primary N) is 1. The molecule has 2 N–H and O–H groups in total. The quantitative estimate of drug-likeness (QED) is 0.771. The maximum absolute atomic E-state index is 6.29. The van der Waals surface area contributed by atoms with Gasteiger partial charge in [0.2, 0.25) is 0 Å². The van der Waals surface area contributed by atoms with Crippen LogP contribution < -0.4 is 5.73 Å². The van der Waals surface area contributed by atoms with Crippen LogP contribution in [0.2, 0.25) is 0 Å². The van der Waals surface area contributed by atoms with Crippen molar-refractivity contribution in [2.45, 2.75) is 19.4 Å². The number of nitrogens with zero attached hydrogens (tertiary/aromatic N) is 1. The molecule has 102 valence electrons. The van der Waals surface area contributed by atoms with E-state index >= 15 is 0 Å². The Morgan fingerprint density at radius 2 is 1.95 bits per heavy atom. The molecule has 2 aromatic heterocycles. The maximum atomic E-state index is 6.29. The zero-order valence-corrected chi connectivity index (χ0v) is 12.9. The summed E-state index contributed by atoms with van der Waals surface area (Å²) in [6.07, 6.45) is 1.07. The molecule has 4 heteroatoms. The highest BCUT2D eigenvalue weighted by Crippen LogP contribution is 2.32. The first-order chi connectivity index (χ1) is 9.78. The molecule has 0 amide bonds. The fourth-order valence-electron chi connectivity index (χ4n) is 2.05. The molecule has 0 saturated heterocycles. The third-order valence-electron chi connectivity index (χ3n) is 3.21. The lowest BCUT2D eigenvalue weighted by molar-refractivity contribution is 0.859. The first-order valence-corrected chi connectivity index (χ1v) is 8.32. The SMILES string of the molecule is CCc1ccc(-c2csc(C(N)c3ccccc3)n2)s1. The minimum Gasteiger partial charge on any atom is -0.318 e. The van der Waals surface area contributed by atoms with E-state index in [-0.39, 0.29) is 6.04 Å². The molecule has 1 unspecified atom stereocenters. The van der Waals surface area contributed by atoms with E-state index in [9.17, 15) is 0 Å². The monoisotopic (exact) mass is 300 g/mol. The molecule has 3 aromatic rings. The van der Waals surface area contributed by atoms with Crippen molar-refractivity contribution in [3.05, 3.63) is 63.3 Å². The maximum Gasteiger partial charge on any atom is 0.115 e. The van der Waals surface area contributed by atoms with Gasteiger partial charge in [-0.2, -0.15) is 0 Å². The van der Waals surface area contributed by atoms with Crippen molar-refractivity contribution in [1.82, 2.24) is 4.98 Å². The predicted octanol–water partition coefficient (Wildman–Crippen LogP) is 4.48. The second-order valence-electron chi connectivity index (χ2n) is 4.58. The second kappa shape index (κ2) is 5.87. The summed E-state index contributed by atoms with van der Waals surface area (Å²) < 4.78 is 0. The molecule has 2 heterocycles. The molecular weight excluding hydrogens is 284 g/mol. The number of aryl methyl sites for hydroxylation is 1. The Balaban J connectivity index is 1.86. The summed E-state index contributed by atoms with van der Waals surface area (Å²) in [5.41, 5.74) is 8.44. The number of aromatic nitrogens is 1.